The zero-order valence-corrected chi connectivity index (χ0v) is 17.6. The molecule has 2 saturated heterocycles. The number of piperidine rings is 1. The molecule has 1 aromatic rings. The summed E-state index contributed by atoms with van der Waals surface area (Å²) in [5, 5.41) is 3.02. The van der Waals surface area contributed by atoms with Crippen LogP contribution in [0.1, 0.15) is 39.0 Å². The van der Waals surface area contributed by atoms with Crippen molar-refractivity contribution >= 4 is 15.9 Å². The van der Waals surface area contributed by atoms with Crippen LogP contribution in [-0.2, 0) is 14.8 Å². The van der Waals surface area contributed by atoms with Crippen LogP contribution in [0.4, 0.5) is 8.78 Å². The molecule has 2 heterocycles. The molecule has 6 nitrogen and oxygen atoms in total. The van der Waals surface area contributed by atoms with Gasteiger partial charge in [0, 0.05) is 31.6 Å². The Morgan fingerprint density at radius 3 is 2.45 bits per heavy atom. The number of nitrogens with one attached hydrogen (secondary N) is 1. The lowest BCUT2D eigenvalue weighted by Gasteiger charge is -2.31. The van der Waals surface area contributed by atoms with Crippen molar-refractivity contribution in [2.75, 3.05) is 32.7 Å². The van der Waals surface area contributed by atoms with Gasteiger partial charge in [-0.05, 0) is 63.4 Å². The fraction of sp³-hybridized carbons (Fsp3) is 0.650. The first-order valence-corrected chi connectivity index (χ1v) is 11.7. The van der Waals surface area contributed by atoms with Crippen molar-refractivity contribution in [2.45, 2.75) is 50.0 Å². The average molecular weight is 430 g/mol. The molecule has 1 atom stereocenters. The van der Waals surface area contributed by atoms with Gasteiger partial charge in [0.1, 0.15) is 16.5 Å². The molecule has 0 saturated carbocycles. The van der Waals surface area contributed by atoms with Gasteiger partial charge in [0.05, 0.1) is 0 Å². The monoisotopic (exact) mass is 429 g/mol. The molecule has 1 amide bonds. The average Bonchev–Trinajstić information content (AvgIpc) is 3.25. The van der Waals surface area contributed by atoms with Gasteiger partial charge in [-0.3, -0.25) is 9.69 Å². The minimum Gasteiger partial charge on any atom is -0.354 e. The van der Waals surface area contributed by atoms with Crippen LogP contribution in [0.2, 0.25) is 0 Å². The lowest BCUT2D eigenvalue weighted by Crippen LogP contribution is -2.46. The summed E-state index contributed by atoms with van der Waals surface area (Å²) in [5.74, 6) is -2.10. The van der Waals surface area contributed by atoms with E-state index in [2.05, 4.69) is 17.1 Å². The van der Waals surface area contributed by atoms with E-state index in [1.807, 2.05) is 0 Å². The number of hydrogen-bond donors (Lipinski definition) is 1. The Morgan fingerprint density at radius 1 is 1.17 bits per heavy atom. The standard InChI is InChI=1S/C20H29F2N3O3S/c1-2-17(24-9-3-4-10-24)14-23-20(26)15-7-11-25(12-8-15)29(27,28)19-13-16(21)5-6-18(19)22/h5-6,13,15,17H,2-4,7-12,14H2,1H3,(H,23,26). The van der Waals surface area contributed by atoms with Gasteiger partial charge in [0.15, 0.2) is 0 Å². The third-order valence-corrected chi connectivity index (χ3v) is 7.89. The molecule has 0 aliphatic carbocycles. The van der Waals surface area contributed by atoms with E-state index in [4.69, 9.17) is 0 Å². The van der Waals surface area contributed by atoms with Crippen LogP contribution in [0, 0.1) is 17.6 Å². The second-order valence-electron chi connectivity index (χ2n) is 7.80. The Bertz CT molecular complexity index is 820. The van der Waals surface area contributed by atoms with E-state index in [0.717, 1.165) is 35.9 Å². The van der Waals surface area contributed by atoms with E-state index >= 15 is 0 Å². The van der Waals surface area contributed by atoms with Gasteiger partial charge < -0.3 is 5.32 Å². The van der Waals surface area contributed by atoms with Crippen LogP contribution < -0.4 is 5.32 Å². The number of likely N-dealkylation sites (tertiary alicyclic amines) is 1. The van der Waals surface area contributed by atoms with E-state index in [9.17, 15) is 22.0 Å². The van der Waals surface area contributed by atoms with Gasteiger partial charge in [0.25, 0.3) is 0 Å². The maximum Gasteiger partial charge on any atom is 0.246 e. The summed E-state index contributed by atoms with van der Waals surface area (Å²) in [5.41, 5.74) is 0. The summed E-state index contributed by atoms with van der Waals surface area (Å²) in [6, 6.07) is 2.73. The second kappa shape index (κ2) is 9.49. The summed E-state index contributed by atoms with van der Waals surface area (Å²) in [7, 11) is -4.13. The fourth-order valence-corrected chi connectivity index (χ4v) is 5.72. The zero-order valence-electron chi connectivity index (χ0n) is 16.7. The molecule has 0 radical (unpaired) electrons. The predicted octanol–water partition coefficient (Wildman–Crippen LogP) is 2.36. The largest absolute Gasteiger partial charge is 0.354 e. The van der Waals surface area contributed by atoms with Crippen molar-refractivity contribution in [3.63, 3.8) is 0 Å². The Morgan fingerprint density at radius 2 is 1.83 bits per heavy atom. The molecule has 3 rings (SSSR count). The van der Waals surface area contributed by atoms with Crippen molar-refractivity contribution in [3.8, 4) is 0 Å². The summed E-state index contributed by atoms with van der Waals surface area (Å²) >= 11 is 0. The third kappa shape index (κ3) is 5.13. The molecule has 2 aliphatic rings. The molecule has 1 N–H and O–H groups in total. The normalized spacial score (nSPS) is 20.7. The van der Waals surface area contributed by atoms with Gasteiger partial charge in [0.2, 0.25) is 15.9 Å². The first-order valence-electron chi connectivity index (χ1n) is 10.3. The Kier molecular flexibility index (Phi) is 7.23. The van der Waals surface area contributed by atoms with Gasteiger partial charge in [-0.25, -0.2) is 17.2 Å². The highest BCUT2D eigenvalue weighted by Crippen LogP contribution is 2.26. The Labute approximate surface area is 171 Å². The van der Waals surface area contributed by atoms with Crippen LogP contribution >= 0.6 is 0 Å². The SMILES string of the molecule is CCC(CNC(=O)C1CCN(S(=O)(=O)c2cc(F)ccc2F)CC1)N1CCCC1. The van der Waals surface area contributed by atoms with Gasteiger partial charge >= 0.3 is 0 Å². The molecule has 29 heavy (non-hydrogen) atoms. The highest BCUT2D eigenvalue weighted by atomic mass is 32.2. The lowest BCUT2D eigenvalue weighted by molar-refractivity contribution is -0.126. The Balaban J connectivity index is 1.54. The van der Waals surface area contributed by atoms with E-state index in [1.54, 1.807) is 0 Å². The highest BCUT2D eigenvalue weighted by Gasteiger charge is 2.34. The van der Waals surface area contributed by atoms with Crippen molar-refractivity contribution in [1.82, 2.24) is 14.5 Å². The number of rotatable bonds is 7. The summed E-state index contributed by atoms with van der Waals surface area (Å²) < 4.78 is 53.8. The minimum atomic E-state index is -4.13. The molecule has 0 aromatic heterocycles. The number of benzene rings is 1. The van der Waals surface area contributed by atoms with Crippen LogP contribution in [0.5, 0.6) is 0 Å². The zero-order chi connectivity index (χ0) is 21.0. The quantitative estimate of drug-likeness (QED) is 0.723. The summed E-state index contributed by atoms with van der Waals surface area (Å²) in [6.07, 6.45) is 4.09. The summed E-state index contributed by atoms with van der Waals surface area (Å²) in [6.45, 7) is 5.08. The van der Waals surface area contributed by atoms with Crippen molar-refractivity contribution in [2.24, 2.45) is 5.92 Å². The molecular formula is C20H29F2N3O3S. The maximum atomic E-state index is 13.9. The molecule has 1 unspecified atom stereocenters. The number of nitrogens with zero attached hydrogens (tertiary/aromatic N) is 2. The summed E-state index contributed by atoms with van der Waals surface area (Å²) in [4.78, 5) is 14.3. The lowest BCUT2D eigenvalue weighted by atomic mass is 9.97. The molecule has 2 aliphatic heterocycles. The fourth-order valence-electron chi connectivity index (χ4n) is 4.17. The van der Waals surface area contributed by atoms with Crippen LogP contribution in [0.15, 0.2) is 23.1 Å². The van der Waals surface area contributed by atoms with Gasteiger partial charge in [-0.1, -0.05) is 6.92 Å². The van der Waals surface area contributed by atoms with Crippen LogP contribution in [0.3, 0.4) is 0 Å². The number of carbonyl (C=O) groups is 1. The number of sulfonamides is 1. The van der Waals surface area contributed by atoms with E-state index < -0.39 is 26.6 Å². The smallest absolute Gasteiger partial charge is 0.246 e. The Hall–Kier alpha value is -1.58. The minimum absolute atomic E-state index is 0.0587. The first kappa shape index (κ1) is 22.1. The van der Waals surface area contributed by atoms with E-state index in [-0.39, 0.29) is 24.9 Å². The van der Waals surface area contributed by atoms with E-state index in [0.29, 0.717) is 31.5 Å². The number of amides is 1. The third-order valence-electron chi connectivity index (χ3n) is 5.98. The van der Waals surface area contributed by atoms with Crippen molar-refractivity contribution in [3.05, 3.63) is 29.8 Å². The molecule has 9 heteroatoms. The van der Waals surface area contributed by atoms with Gasteiger partial charge in [-0.2, -0.15) is 4.31 Å². The molecule has 0 bridgehead atoms. The molecule has 0 spiro atoms. The van der Waals surface area contributed by atoms with Gasteiger partial charge in [-0.15, -0.1) is 0 Å². The van der Waals surface area contributed by atoms with E-state index in [1.165, 1.54) is 12.8 Å². The molecule has 1 aromatic carbocycles. The first-order chi connectivity index (χ1) is 13.8. The topological polar surface area (TPSA) is 69.7 Å². The highest BCUT2D eigenvalue weighted by molar-refractivity contribution is 7.89. The number of carbonyl (C=O) groups excluding carboxylic acids is 1. The predicted molar refractivity (Wildman–Crippen MR) is 106 cm³/mol. The van der Waals surface area contributed by atoms with Crippen molar-refractivity contribution < 1.29 is 22.0 Å². The van der Waals surface area contributed by atoms with Crippen LogP contribution in [-0.4, -0.2) is 62.3 Å². The second-order valence-corrected chi connectivity index (χ2v) is 9.71. The van der Waals surface area contributed by atoms with Crippen LogP contribution in [0.25, 0.3) is 0 Å². The molecule has 2 fully saturated rings. The van der Waals surface area contributed by atoms with Crippen molar-refractivity contribution in [1.29, 1.82) is 0 Å². The number of hydrogen-bond acceptors (Lipinski definition) is 4. The maximum absolute atomic E-state index is 13.9. The molecular weight excluding hydrogens is 400 g/mol. The number of halogens is 2. The molecule has 162 valence electrons.